The van der Waals surface area contributed by atoms with Gasteiger partial charge in [-0.25, -0.2) is 0 Å². The molecular formula is C17H12Cl2N2O2. The van der Waals surface area contributed by atoms with Crippen LogP contribution in [0, 0.1) is 0 Å². The van der Waals surface area contributed by atoms with Crippen molar-refractivity contribution in [2.24, 2.45) is 0 Å². The lowest BCUT2D eigenvalue weighted by Crippen LogP contribution is -2.20. The average Bonchev–Trinajstić information content (AvgIpc) is 2.52. The molecule has 0 saturated carbocycles. The molecule has 0 radical (unpaired) electrons. The molecule has 116 valence electrons. The Morgan fingerprint density at radius 1 is 1.09 bits per heavy atom. The summed E-state index contributed by atoms with van der Waals surface area (Å²) in [7, 11) is 0. The van der Waals surface area contributed by atoms with Crippen LogP contribution in [0.3, 0.4) is 0 Å². The number of fused-ring (bicyclic) bond motifs is 1. The number of pyridine rings is 1. The molecule has 0 aliphatic carbocycles. The second-order valence-corrected chi connectivity index (χ2v) is 5.73. The summed E-state index contributed by atoms with van der Waals surface area (Å²) in [4.78, 5) is 16.2. The lowest BCUT2D eigenvalue weighted by molar-refractivity contribution is -0.118. The fraction of sp³-hybridized carbons (Fsp3) is 0.0588. The zero-order valence-electron chi connectivity index (χ0n) is 11.9. The predicted molar refractivity (Wildman–Crippen MR) is 92.3 cm³/mol. The van der Waals surface area contributed by atoms with Gasteiger partial charge in [0.1, 0.15) is 5.75 Å². The number of nitrogens with one attached hydrogen (secondary N) is 1. The van der Waals surface area contributed by atoms with Crippen molar-refractivity contribution in [2.45, 2.75) is 0 Å². The Hall–Kier alpha value is -2.30. The Kier molecular flexibility index (Phi) is 4.65. The van der Waals surface area contributed by atoms with Gasteiger partial charge in [0.2, 0.25) is 0 Å². The highest BCUT2D eigenvalue weighted by atomic mass is 35.5. The molecule has 1 amide bonds. The number of ether oxygens (including phenoxy) is 1. The Bertz CT molecular complexity index is 848. The first-order valence-corrected chi connectivity index (χ1v) is 7.59. The quantitative estimate of drug-likeness (QED) is 0.753. The van der Waals surface area contributed by atoms with Crippen LogP contribution >= 0.6 is 23.2 Å². The molecule has 6 heteroatoms. The van der Waals surface area contributed by atoms with Gasteiger partial charge in [-0.1, -0.05) is 29.3 Å². The van der Waals surface area contributed by atoms with Crippen molar-refractivity contribution >= 4 is 45.7 Å². The first-order valence-electron chi connectivity index (χ1n) is 6.84. The summed E-state index contributed by atoms with van der Waals surface area (Å²) in [6.45, 7) is -0.115. The van der Waals surface area contributed by atoms with Gasteiger partial charge in [-0.3, -0.25) is 9.78 Å². The molecule has 2 aromatic carbocycles. The van der Waals surface area contributed by atoms with Gasteiger partial charge < -0.3 is 10.1 Å². The van der Waals surface area contributed by atoms with Gasteiger partial charge in [0.25, 0.3) is 5.91 Å². The van der Waals surface area contributed by atoms with Crippen molar-refractivity contribution in [3.8, 4) is 5.75 Å². The van der Waals surface area contributed by atoms with Crippen LogP contribution in [0.1, 0.15) is 0 Å². The fourth-order valence-electron chi connectivity index (χ4n) is 2.12. The number of nitrogens with zero attached hydrogens (tertiary/aromatic N) is 1. The van der Waals surface area contributed by atoms with E-state index >= 15 is 0 Å². The topological polar surface area (TPSA) is 51.2 Å². The number of carbonyl (C=O) groups excluding carboxylic acids is 1. The molecular weight excluding hydrogens is 335 g/mol. The lowest BCUT2D eigenvalue weighted by atomic mass is 10.2. The third kappa shape index (κ3) is 4.12. The van der Waals surface area contributed by atoms with E-state index in [2.05, 4.69) is 10.3 Å². The van der Waals surface area contributed by atoms with Crippen molar-refractivity contribution in [2.75, 3.05) is 11.9 Å². The number of rotatable bonds is 4. The van der Waals surface area contributed by atoms with E-state index in [1.54, 1.807) is 30.5 Å². The molecule has 0 spiro atoms. The number of aromatic nitrogens is 1. The molecule has 0 saturated heterocycles. The van der Waals surface area contributed by atoms with Crippen molar-refractivity contribution in [3.05, 3.63) is 64.8 Å². The second-order valence-electron chi connectivity index (χ2n) is 4.85. The molecule has 23 heavy (non-hydrogen) atoms. The molecule has 1 N–H and O–H groups in total. The van der Waals surface area contributed by atoms with Gasteiger partial charge in [0.05, 0.1) is 5.52 Å². The van der Waals surface area contributed by atoms with Crippen molar-refractivity contribution in [1.82, 2.24) is 4.98 Å². The van der Waals surface area contributed by atoms with Gasteiger partial charge in [0.15, 0.2) is 6.61 Å². The number of anilines is 1. The second kappa shape index (κ2) is 6.86. The van der Waals surface area contributed by atoms with E-state index in [1.807, 2.05) is 24.3 Å². The van der Waals surface area contributed by atoms with Crippen molar-refractivity contribution in [3.63, 3.8) is 0 Å². The number of hydrogen-bond donors (Lipinski definition) is 1. The standard InChI is InChI=1S/C17H12Cl2N2O2/c18-12-7-13(19)9-14(8-12)21-17(22)10-23-15-3-4-16-11(6-15)2-1-5-20-16/h1-9H,10H2,(H,21,22). The zero-order valence-corrected chi connectivity index (χ0v) is 13.4. The maximum Gasteiger partial charge on any atom is 0.262 e. The van der Waals surface area contributed by atoms with Crippen LogP contribution in [0.4, 0.5) is 5.69 Å². The molecule has 3 rings (SSSR count). The summed E-state index contributed by atoms with van der Waals surface area (Å²) in [5.74, 6) is 0.305. The van der Waals surface area contributed by atoms with Gasteiger partial charge in [-0.2, -0.15) is 0 Å². The summed E-state index contributed by atoms with van der Waals surface area (Å²) in [5.41, 5.74) is 1.40. The lowest BCUT2D eigenvalue weighted by Gasteiger charge is -2.09. The summed E-state index contributed by atoms with van der Waals surface area (Å²) >= 11 is 11.8. The molecule has 0 aliphatic rings. The smallest absolute Gasteiger partial charge is 0.262 e. The van der Waals surface area contributed by atoms with Crippen LogP contribution in [0.25, 0.3) is 10.9 Å². The van der Waals surface area contributed by atoms with E-state index in [9.17, 15) is 4.79 Å². The first-order chi connectivity index (χ1) is 11.1. The minimum Gasteiger partial charge on any atom is -0.484 e. The minimum atomic E-state index is -0.297. The van der Waals surface area contributed by atoms with Gasteiger partial charge in [0, 0.05) is 27.3 Å². The molecule has 0 aliphatic heterocycles. The molecule has 0 unspecified atom stereocenters. The number of halogens is 2. The molecule has 1 aromatic heterocycles. The highest BCUT2D eigenvalue weighted by Crippen LogP contribution is 2.22. The van der Waals surface area contributed by atoms with Crippen molar-refractivity contribution in [1.29, 1.82) is 0 Å². The highest BCUT2D eigenvalue weighted by molar-refractivity contribution is 6.35. The maximum atomic E-state index is 11.9. The van der Waals surface area contributed by atoms with Gasteiger partial charge >= 0.3 is 0 Å². The van der Waals surface area contributed by atoms with Crippen LogP contribution in [-0.2, 0) is 4.79 Å². The monoisotopic (exact) mass is 346 g/mol. The Balaban J connectivity index is 1.63. The van der Waals surface area contributed by atoms with E-state index in [0.717, 1.165) is 10.9 Å². The summed E-state index contributed by atoms with van der Waals surface area (Å²) in [6, 6.07) is 14.1. The summed E-state index contributed by atoms with van der Waals surface area (Å²) in [5, 5.41) is 4.55. The molecule has 4 nitrogen and oxygen atoms in total. The molecule has 0 atom stereocenters. The Morgan fingerprint density at radius 2 is 1.87 bits per heavy atom. The maximum absolute atomic E-state index is 11.9. The number of carbonyl (C=O) groups is 1. The van der Waals surface area contributed by atoms with Crippen molar-refractivity contribution < 1.29 is 9.53 Å². The van der Waals surface area contributed by atoms with Gasteiger partial charge in [-0.15, -0.1) is 0 Å². The van der Waals surface area contributed by atoms with E-state index in [0.29, 0.717) is 21.5 Å². The molecule has 3 aromatic rings. The normalized spacial score (nSPS) is 10.5. The van der Waals surface area contributed by atoms with Gasteiger partial charge in [-0.05, 0) is 42.5 Å². The van der Waals surface area contributed by atoms with Crippen LogP contribution in [0.5, 0.6) is 5.75 Å². The van der Waals surface area contributed by atoms with E-state index in [1.165, 1.54) is 0 Å². The minimum absolute atomic E-state index is 0.115. The third-order valence-corrected chi connectivity index (χ3v) is 3.53. The van der Waals surface area contributed by atoms with E-state index in [-0.39, 0.29) is 12.5 Å². The average molecular weight is 347 g/mol. The van der Waals surface area contributed by atoms with E-state index < -0.39 is 0 Å². The SMILES string of the molecule is O=C(COc1ccc2ncccc2c1)Nc1cc(Cl)cc(Cl)c1. The summed E-state index contributed by atoms with van der Waals surface area (Å²) < 4.78 is 5.50. The highest BCUT2D eigenvalue weighted by Gasteiger charge is 2.06. The number of hydrogen-bond acceptors (Lipinski definition) is 3. The van der Waals surface area contributed by atoms with Crippen LogP contribution in [-0.4, -0.2) is 17.5 Å². The first kappa shape index (κ1) is 15.6. The van der Waals surface area contributed by atoms with E-state index in [4.69, 9.17) is 27.9 Å². The third-order valence-electron chi connectivity index (χ3n) is 3.09. The predicted octanol–water partition coefficient (Wildman–Crippen LogP) is 4.56. The molecule has 0 bridgehead atoms. The largest absolute Gasteiger partial charge is 0.484 e. The molecule has 0 fully saturated rings. The van der Waals surface area contributed by atoms with Crippen LogP contribution < -0.4 is 10.1 Å². The summed E-state index contributed by atoms with van der Waals surface area (Å²) in [6.07, 6.45) is 1.73. The Morgan fingerprint density at radius 3 is 2.65 bits per heavy atom. The number of benzene rings is 2. The fourth-order valence-corrected chi connectivity index (χ4v) is 2.64. The zero-order chi connectivity index (χ0) is 16.2. The van der Waals surface area contributed by atoms with Crippen LogP contribution in [0.2, 0.25) is 10.0 Å². The van der Waals surface area contributed by atoms with Crippen LogP contribution in [0.15, 0.2) is 54.7 Å². The number of amides is 1. The Labute approximate surface area is 143 Å². The molecule has 1 heterocycles.